The van der Waals surface area contributed by atoms with E-state index < -0.39 is 45.9 Å². The molecule has 3 atom stereocenters. The number of carboxylic acid groups (broad SMARTS) is 1. The van der Waals surface area contributed by atoms with E-state index in [1.807, 2.05) is 0 Å². The van der Waals surface area contributed by atoms with E-state index in [4.69, 9.17) is 16.4 Å². The molecule has 2 aliphatic heterocycles. The molecule has 1 aromatic heterocycles. The summed E-state index contributed by atoms with van der Waals surface area (Å²) in [5.74, 6) is -3.02. The minimum absolute atomic E-state index is 0. The molecule has 2 saturated heterocycles. The summed E-state index contributed by atoms with van der Waals surface area (Å²) in [5, 5.41) is 21.8. The van der Waals surface area contributed by atoms with Crippen LogP contribution < -0.4 is 50.1 Å². The van der Waals surface area contributed by atoms with Crippen LogP contribution in [0.3, 0.4) is 0 Å². The Labute approximate surface area is 241 Å². The molecule has 0 bridgehead atoms. The van der Waals surface area contributed by atoms with Crippen molar-refractivity contribution in [3.05, 3.63) is 41.4 Å². The number of alkyl halides is 1. The van der Waals surface area contributed by atoms with Crippen LogP contribution in [0.4, 0.5) is 5.13 Å². The van der Waals surface area contributed by atoms with Gasteiger partial charge in [0.05, 0.1) is 12.0 Å². The number of carboxylic acids is 1. The van der Waals surface area contributed by atoms with Crippen LogP contribution in [0, 0.1) is 0 Å². The normalized spacial score (nSPS) is 22.1. The van der Waals surface area contributed by atoms with E-state index in [2.05, 4.69) is 20.8 Å². The monoisotopic (exact) mass is 559 g/mol. The van der Waals surface area contributed by atoms with Crippen molar-refractivity contribution in [2.45, 2.75) is 36.1 Å². The minimum Gasteiger partial charge on any atom is -0.548 e. The van der Waals surface area contributed by atoms with Crippen molar-refractivity contribution in [2.24, 2.45) is 5.16 Å². The van der Waals surface area contributed by atoms with E-state index in [9.17, 15) is 24.3 Å². The number of para-hydroxylation sites is 1. The summed E-state index contributed by atoms with van der Waals surface area (Å²) in [7, 11) is 0. The molecule has 0 spiro atoms. The summed E-state index contributed by atoms with van der Waals surface area (Å²) in [6, 6.07) is 6.42. The largest absolute Gasteiger partial charge is 1.00 e. The SMILES string of the molecule is CC1(C)S[C@@H]2[C@@H](NC(=O)/C(=N\Oc3ccccc3)c3csc(NC(=O)CCl)n3)C(=O)N2[C@H]1C(=O)[O-].[Na+]. The average Bonchev–Trinajstić information content (AvgIpc) is 3.38. The standard InChI is InChI=1S/C21H20ClN5O6S2.Na/c1-21(2)15(19(31)32)27-17(30)14(18(27)35-21)25-16(29)13(26-33-10-6-4-3-5-7-10)11-9-34-20(23-11)24-12(28)8-22;/h3-7,9,14-15,18H,8H2,1-2H3,(H,25,29)(H,31,32)(H,23,24,28);/q;+1/p-1/b26-13-;/t14-,15-,18+;/m0./s1. The minimum atomic E-state index is -1.35. The van der Waals surface area contributed by atoms with E-state index in [-0.39, 0.29) is 52.0 Å². The number of fused-ring (bicyclic) bond motifs is 1. The van der Waals surface area contributed by atoms with E-state index in [0.717, 1.165) is 11.3 Å². The van der Waals surface area contributed by atoms with Crippen LogP contribution >= 0.6 is 34.7 Å². The van der Waals surface area contributed by atoms with Crippen molar-refractivity contribution < 1.29 is 58.7 Å². The molecule has 2 aromatic rings. The fourth-order valence-corrected chi connectivity index (χ4v) is 6.11. The van der Waals surface area contributed by atoms with E-state index in [0.29, 0.717) is 5.75 Å². The van der Waals surface area contributed by atoms with Crippen molar-refractivity contribution in [1.82, 2.24) is 15.2 Å². The molecule has 3 heterocycles. The van der Waals surface area contributed by atoms with Crippen LogP contribution in [-0.2, 0) is 19.2 Å². The number of thiazole rings is 1. The third kappa shape index (κ3) is 5.71. The number of carbonyl (C=O) groups is 4. The predicted molar refractivity (Wildman–Crippen MR) is 128 cm³/mol. The Morgan fingerprint density at radius 1 is 1.28 bits per heavy atom. The number of carbonyl (C=O) groups excluding carboxylic acids is 4. The van der Waals surface area contributed by atoms with Crippen molar-refractivity contribution in [2.75, 3.05) is 11.2 Å². The van der Waals surface area contributed by atoms with Gasteiger partial charge in [-0.05, 0) is 26.0 Å². The molecule has 2 N–H and O–H groups in total. The number of β-lactam (4-membered cyclic amide) rings is 1. The number of nitrogens with one attached hydrogen (secondary N) is 2. The molecular formula is C21H19ClN5NaO6S2. The number of amides is 3. The molecule has 0 unspecified atom stereocenters. The maximum atomic E-state index is 13.2. The number of aliphatic carboxylic acids is 1. The Hall–Kier alpha value is -2.16. The first-order chi connectivity index (χ1) is 16.6. The van der Waals surface area contributed by atoms with Crippen LogP contribution in [0.2, 0.25) is 0 Å². The van der Waals surface area contributed by atoms with E-state index >= 15 is 0 Å². The van der Waals surface area contributed by atoms with Gasteiger partial charge in [-0.3, -0.25) is 14.4 Å². The van der Waals surface area contributed by atoms with Gasteiger partial charge in [-0.1, -0.05) is 23.4 Å². The number of thioether (sulfide) groups is 1. The number of oxime groups is 1. The molecule has 36 heavy (non-hydrogen) atoms. The molecule has 4 rings (SSSR count). The zero-order valence-corrected chi connectivity index (χ0v) is 23.8. The summed E-state index contributed by atoms with van der Waals surface area (Å²) >= 11 is 7.82. The second-order valence-electron chi connectivity index (χ2n) is 8.09. The number of anilines is 1. The van der Waals surface area contributed by atoms with E-state index in [1.165, 1.54) is 22.0 Å². The summed E-state index contributed by atoms with van der Waals surface area (Å²) in [5.41, 5.74) is -0.134. The molecule has 0 aliphatic carbocycles. The Bertz CT molecular complexity index is 1210. The Morgan fingerprint density at radius 2 is 1.97 bits per heavy atom. The second-order valence-corrected chi connectivity index (χ2v) is 11.0. The number of hydrogen-bond donors (Lipinski definition) is 2. The zero-order valence-electron chi connectivity index (χ0n) is 19.4. The Morgan fingerprint density at radius 3 is 2.61 bits per heavy atom. The van der Waals surface area contributed by atoms with Crippen LogP contribution in [0.1, 0.15) is 19.5 Å². The number of benzene rings is 1. The molecule has 0 saturated carbocycles. The molecule has 1 aromatic carbocycles. The van der Waals surface area contributed by atoms with Gasteiger partial charge in [0.1, 0.15) is 23.0 Å². The van der Waals surface area contributed by atoms with Crippen molar-refractivity contribution >= 4 is 69.2 Å². The Balaban J connectivity index is 0.00000361. The number of aromatic nitrogens is 1. The third-order valence-electron chi connectivity index (χ3n) is 5.27. The van der Waals surface area contributed by atoms with Crippen molar-refractivity contribution in [3.63, 3.8) is 0 Å². The number of nitrogens with zero attached hydrogens (tertiary/aromatic N) is 3. The van der Waals surface area contributed by atoms with Gasteiger partial charge in [0.25, 0.3) is 5.91 Å². The maximum Gasteiger partial charge on any atom is 1.00 e. The maximum absolute atomic E-state index is 13.2. The van der Waals surface area contributed by atoms with Crippen LogP contribution in [-0.4, -0.2) is 67.4 Å². The van der Waals surface area contributed by atoms with Gasteiger partial charge in [0.15, 0.2) is 16.6 Å². The third-order valence-corrected chi connectivity index (χ3v) is 7.84. The van der Waals surface area contributed by atoms with Gasteiger partial charge in [-0.15, -0.1) is 34.7 Å². The van der Waals surface area contributed by atoms with Crippen molar-refractivity contribution in [3.8, 4) is 5.75 Å². The topological polar surface area (TPSA) is 153 Å². The number of halogens is 1. The molecule has 15 heteroatoms. The molecule has 11 nitrogen and oxygen atoms in total. The van der Waals surface area contributed by atoms with Crippen LogP contribution in [0.25, 0.3) is 0 Å². The van der Waals surface area contributed by atoms with Crippen molar-refractivity contribution in [1.29, 1.82) is 0 Å². The molecule has 0 radical (unpaired) electrons. The first kappa shape index (κ1) is 28.4. The fraction of sp³-hybridized carbons (Fsp3) is 0.333. The summed E-state index contributed by atoms with van der Waals surface area (Å²) < 4.78 is -0.795. The summed E-state index contributed by atoms with van der Waals surface area (Å²) in [4.78, 5) is 59.9. The summed E-state index contributed by atoms with van der Waals surface area (Å²) in [6.45, 7) is 3.41. The second kappa shape index (κ2) is 11.5. The first-order valence-electron chi connectivity index (χ1n) is 10.3. The molecule has 2 fully saturated rings. The van der Waals surface area contributed by atoms with E-state index in [1.54, 1.807) is 44.2 Å². The molecule has 2 aliphatic rings. The quantitative estimate of drug-likeness (QED) is 0.117. The van der Waals surface area contributed by atoms with Gasteiger partial charge in [0.2, 0.25) is 11.8 Å². The number of hydrogen-bond acceptors (Lipinski definition) is 10. The Kier molecular flexibility index (Phi) is 9.06. The number of rotatable bonds is 8. The van der Waals surface area contributed by atoms with Crippen LogP contribution in [0.5, 0.6) is 5.75 Å². The van der Waals surface area contributed by atoms with Gasteiger partial charge >= 0.3 is 29.6 Å². The molecular weight excluding hydrogens is 541 g/mol. The van der Waals surface area contributed by atoms with Crippen LogP contribution in [0.15, 0.2) is 40.9 Å². The molecule has 184 valence electrons. The predicted octanol–water partition coefficient (Wildman–Crippen LogP) is -2.60. The van der Waals surface area contributed by atoms with Gasteiger partial charge < -0.3 is 30.3 Å². The average molecular weight is 560 g/mol. The zero-order chi connectivity index (χ0) is 25.3. The van der Waals surface area contributed by atoms with Gasteiger partial charge in [-0.2, -0.15) is 0 Å². The van der Waals surface area contributed by atoms with Gasteiger partial charge in [-0.25, -0.2) is 4.98 Å². The first-order valence-corrected chi connectivity index (χ1v) is 12.5. The smallest absolute Gasteiger partial charge is 0.548 e. The fourth-order valence-electron chi connectivity index (χ4n) is 3.71. The molecule has 3 amide bonds. The summed E-state index contributed by atoms with van der Waals surface area (Å²) in [6.07, 6.45) is 0. The van der Waals surface area contributed by atoms with Gasteiger partial charge in [0, 0.05) is 10.1 Å².